The van der Waals surface area contributed by atoms with Gasteiger partial charge >= 0.3 is 0 Å². The molecule has 0 aromatic carbocycles. The number of ether oxygens (including phenoxy) is 1. The SMILES string of the molecule is N#CC1(CO)OCCC1O. The second-order valence-corrected chi connectivity index (χ2v) is 2.31. The number of nitrogens with zero attached hydrogens (tertiary/aromatic N) is 1. The number of hydrogen-bond acceptors (Lipinski definition) is 4. The van der Waals surface area contributed by atoms with Crippen LogP contribution in [0.3, 0.4) is 0 Å². The topological polar surface area (TPSA) is 73.5 Å². The fourth-order valence-electron chi connectivity index (χ4n) is 0.975. The van der Waals surface area contributed by atoms with Crippen LogP contribution in [0.2, 0.25) is 0 Å². The summed E-state index contributed by atoms with van der Waals surface area (Å²) in [6.07, 6.45) is -0.420. The van der Waals surface area contributed by atoms with Gasteiger partial charge in [-0.15, -0.1) is 0 Å². The first kappa shape index (κ1) is 7.48. The Balaban J connectivity index is 2.74. The minimum Gasteiger partial charge on any atom is -0.392 e. The molecule has 1 fully saturated rings. The molecule has 1 saturated heterocycles. The molecule has 56 valence electrons. The lowest BCUT2D eigenvalue weighted by Crippen LogP contribution is -2.41. The second-order valence-electron chi connectivity index (χ2n) is 2.31. The lowest BCUT2D eigenvalue weighted by atomic mass is 10.0. The lowest BCUT2D eigenvalue weighted by Gasteiger charge is -2.20. The summed E-state index contributed by atoms with van der Waals surface area (Å²) in [4.78, 5) is 0. The Bertz CT molecular complexity index is 165. The number of rotatable bonds is 1. The zero-order valence-corrected chi connectivity index (χ0v) is 5.45. The van der Waals surface area contributed by atoms with Crippen LogP contribution >= 0.6 is 0 Å². The monoisotopic (exact) mass is 143 g/mol. The number of nitriles is 1. The minimum atomic E-state index is -1.35. The van der Waals surface area contributed by atoms with Gasteiger partial charge in [-0.05, 0) is 0 Å². The van der Waals surface area contributed by atoms with Gasteiger partial charge in [0.1, 0.15) is 12.2 Å². The maximum atomic E-state index is 9.13. The zero-order valence-electron chi connectivity index (χ0n) is 5.45. The first-order chi connectivity index (χ1) is 4.75. The normalized spacial score (nSPS) is 39.5. The van der Waals surface area contributed by atoms with Crippen LogP contribution in [0.15, 0.2) is 0 Å². The molecule has 1 aliphatic rings. The summed E-state index contributed by atoms with van der Waals surface area (Å²) in [6.45, 7) is -0.0973. The molecule has 1 heterocycles. The summed E-state index contributed by atoms with van der Waals surface area (Å²) in [7, 11) is 0. The lowest BCUT2D eigenvalue weighted by molar-refractivity contribution is -0.0494. The summed E-state index contributed by atoms with van der Waals surface area (Å²) in [5.74, 6) is 0. The summed E-state index contributed by atoms with van der Waals surface area (Å²) < 4.78 is 4.89. The first-order valence-electron chi connectivity index (χ1n) is 3.09. The van der Waals surface area contributed by atoms with Crippen molar-refractivity contribution in [2.24, 2.45) is 0 Å². The van der Waals surface area contributed by atoms with Crippen molar-refractivity contribution in [3.63, 3.8) is 0 Å². The largest absolute Gasteiger partial charge is 0.392 e. The maximum absolute atomic E-state index is 9.13. The molecule has 0 bridgehead atoms. The van der Waals surface area contributed by atoms with Crippen LogP contribution in [0.5, 0.6) is 0 Å². The van der Waals surface area contributed by atoms with Crippen LogP contribution in [0.1, 0.15) is 6.42 Å². The standard InChI is InChI=1S/C6H9NO3/c7-3-6(4-8)5(9)1-2-10-6/h5,8-9H,1-2,4H2. The van der Waals surface area contributed by atoms with Crippen molar-refractivity contribution in [3.05, 3.63) is 0 Å². The highest BCUT2D eigenvalue weighted by atomic mass is 16.5. The summed E-state index contributed by atoms with van der Waals surface area (Å²) in [5, 5.41) is 26.3. The molecule has 0 aromatic rings. The Morgan fingerprint density at radius 3 is 2.70 bits per heavy atom. The Kier molecular flexibility index (Phi) is 1.90. The van der Waals surface area contributed by atoms with Crippen molar-refractivity contribution in [2.45, 2.75) is 18.1 Å². The number of aliphatic hydroxyl groups is 2. The zero-order chi connectivity index (χ0) is 7.61. The third kappa shape index (κ3) is 0.886. The quantitative estimate of drug-likeness (QED) is 0.495. The molecule has 0 aromatic heterocycles. The Labute approximate surface area is 58.7 Å². The van der Waals surface area contributed by atoms with Crippen LogP contribution in [-0.4, -0.2) is 35.1 Å². The summed E-state index contributed by atoms with van der Waals surface area (Å²) in [5.41, 5.74) is -1.35. The molecule has 0 aliphatic carbocycles. The van der Waals surface area contributed by atoms with Gasteiger partial charge in [0.2, 0.25) is 5.60 Å². The molecule has 1 aliphatic heterocycles. The second kappa shape index (κ2) is 2.54. The summed E-state index contributed by atoms with van der Waals surface area (Å²) in [6, 6.07) is 1.75. The molecular weight excluding hydrogens is 134 g/mol. The molecule has 0 spiro atoms. The van der Waals surface area contributed by atoms with E-state index >= 15 is 0 Å². The molecule has 0 amide bonds. The van der Waals surface area contributed by atoms with Crippen LogP contribution in [-0.2, 0) is 4.74 Å². The van der Waals surface area contributed by atoms with Gasteiger partial charge in [-0.25, -0.2) is 0 Å². The van der Waals surface area contributed by atoms with Gasteiger partial charge in [0, 0.05) is 6.42 Å². The van der Waals surface area contributed by atoms with Crippen LogP contribution in [0.4, 0.5) is 0 Å². The molecule has 2 atom stereocenters. The number of hydrogen-bond donors (Lipinski definition) is 2. The third-order valence-electron chi connectivity index (χ3n) is 1.71. The predicted octanol–water partition coefficient (Wildman–Crippen LogP) is -0.978. The van der Waals surface area contributed by atoms with Gasteiger partial charge in [0.25, 0.3) is 0 Å². The van der Waals surface area contributed by atoms with Gasteiger partial charge in [0.05, 0.1) is 13.2 Å². The fourth-order valence-corrected chi connectivity index (χ4v) is 0.975. The third-order valence-corrected chi connectivity index (χ3v) is 1.71. The van der Waals surface area contributed by atoms with Crippen LogP contribution in [0, 0.1) is 11.3 Å². The fraction of sp³-hybridized carbons (Fsp3) is 0.833. The van der Waals surface area contributed by atoms with Crippen molar-refractivity contribution >= 4 is 0 Å². The molecule has 10 heavy (non-hydrogen) atoms. The molecule has 2 N–H and O–H groups in total. The average Bonchev–Trinajstić information content (AvgIpc) is 2.32. The first-order valence-corrected chi connectivity index (χ1v) is 3.09. The minimum absolute atomic E-state index is 0.343. The molecule has 0 saturated carbocycles. The highest BCUT2D eigenvalue weighted by molar-refractivity contribution is 5.09. The molecule has 2 unspecified atom stereocenters. The van der Waals surface area contributed by atoms with Gasteiger partial charge in [0.15, 0.2) is 0 Å². The van der Waals surface area contributed by atoms with E-state index in [1.807, 2.05) is 0 Å². The van der Waals surface area contributed by atoms with E-state index in [1.54, 1.807) is 6.07 Å². The summed E-state index contributed by atoms with van der Waals surface area (Å²) >= 11 is 0. The Hall–Kier alpha value is -0.630. The molecular formula is C6H9NO3. The molecule has 4 nitrogen and oxygen atoms in total. The van der Waals surface area contributed by atoms with E-state index in [4.69, 9.17) is 20.2 Å². The van der Waals surface area contributed by atoms with Crippen molar-refractivity contribution in [3.8, 4) is 6.07 Å². The van der Waals surface area contributed by atoms with Gasteiger partial charge in [-0.3, -0.25) is 0 Å². The van der Waals surface area contributed by atoms with E-state index in [0.29, 0.717) is 13.0 Å². The highest BCUT2D eigenvalue weighted by Gasteiger charge is 2.43. The maximum Gasteiger partial charge on any atom is 0.202 e. The molecule has 1 rings (SSSR count). The highest BCUT2D eigenvalue weighted by Crippen LogP contribution is 2.24. The van der Waals surface area contributed by atoms with Crippen molar-refractivity contribution in [1.29, 1.82) is 5.26 Å². The average molecular weight is 143 g/mol. The van der Waals surface area contributed by atoms with E-state index in [9.17, 15) is 0 Å². The van der Waals surface area contributed by atoms with Gasteiger partial charge < -0.3 is 14.9 Å². The molecule has 0 radical (unpaired) electrons. The Morgan fingerprint density at radius 2 is 2.50 bits per heavy atom. The van der Waals surface area contributed by atoms with Crippen molar-refractivity contribution < 1.29 is 14.9 Å². The van der Waals surface area contributed by atoms with E-state index in [2.05, 4.69) is 0 Å². The van der Waals surface area contributed by atoms with Gasteiger partial charge in [-0.2, -0.15) is 5.26 Å². The van der Waals surface area contributed by atoms with Crippen LogP contribution in [0.25, 0.3) is 0 Å². The van der Waals surface area contributed by atoms with Crippen molar-refractivity contribution in [1.82, 2.24) is 0 Å². The van der Waals surface area contributed by atoms with Gasteiger partial charge in [-0.1, -0.05) is 0 Å². The van der Waals surface area contributed by atoms with Crippen molar-refractivity contribution in [2.75, 3.05) is 13.2 Å². The van der Waals surface area contributed by atoms with E-state index < -0.39 is 18.3 Å². The van der Waals surface area contributed by atoms with Crippen LogP contribution < -0.4 is 0 Å². The smallest absolute Gasteiger partial charge is 0.202 e. The predicted molar refractivity (Wildman–Crippen MR) is 32.0 cm³/mol. The van der Waals surface area contributed by atoms with E-state index in [-0.39, 0.29) is 0 Å². The molecule has 4 heteroatoms. The van der Waals surface area contributed by atoms with E-state index in [1.165, 1.54) is 0 Å². The van der Waals surface area contributed by atoms with E-state index in [0.717, 1.165) is 0 Å². The number of aliphatic hydroxyl groups excluding tert-OH is 2. The Morgan fingerprint density at radius 1 is 1.80 bits per heavy atom.